The quantitative estimate of drug-likeness (QED) is 0.586. The molecule has 3 aromatic rings. The van der Waals surface area contributed by atoms with E-state index in [9.17, 15) is 14.0 Å². The van der Waals surface area contributed by atoms with E-state index in [0.29, 0.717) is 12.4 Å². The first-order chi connectivity index (χ1) is 14.5. The van der Waals surface area contributed by atoms with Crippen LogP contribution in [0.1, 0.15) is 6.23 Å². The number of H-pyrrole nitrogens is 1. The van der Waals surface area contributed by atoms with Crippen LogP contribution in [0.5, 0.6) is 0 Å². The van der Waals surface area contributed by atoms with Gasteiger partial charge in [0.15, 0.2) is 0 Å². The molecule has 0 saturated carbocycles. The molecule has 0 bridgehead atoms. The van der Waals surface area contributed by atoms with Gasteiger partial charge in [-0.3, -0.25) is 14.3 Å². The minimum atomic E-state index is -2.47. The van der Waals surface area contributed by atoms with Crippen LogP contribution in [-0.4, -0.2) is 35.7 Å². The van der Waals surface area contributed by atoms with Crippen molar-refractivity contribution < 1.29 is 13.6 Å². The van der Waals surface area contributed by atoms with Gasteiger partial charge < -0.3 is 9.16 Å². The van der Waals surface area contributed by atoms with Crippen LogP contribution in [0.2, 0.25) is 6.55 Å². The number of rotatable bonds is 6. The molecule has 30 heavy (non-hydrogen) atoms. The lowest BCUT2D eigenvalue weighted by Crippen LogP contribution is -2.59. The average molecular weight is 445 g/mol. The zero-order valence-corrected chi connectivity index (χ0v) is 18.1. The molecule has 1 aromatic heterocycles. The fourth-order valence-electron chi connectivity index (χ4n) is 3.43. The van der Waals surface area contributed by atoms with Gasteiger partial charge in [0.1, 0.15) is 11.7 Å². The number of nitrogens with one attached hydrogen (secondary N) is 1. The van der Waals surface area contributed by atoms with Gasteiger partial charge in [-0.25, -0.2) is 4.79 Å². The lowest BCUT2D eigenvalue weighted by atomic mass is 10.4. The largest absolute Gasteiger partial charge is 0.405 e. The lowest BCUT2D eigenvalue weighted by Gasteiger charge is -2.29. The first-order valence-corrected chi connectivity index (χ1v) is 13.0. The highest BCUT2D eigenvalue weighted by Gasteiger charge is 2.37. The second-order valence-electron chi connectivity index (χ2n) is 7.07. The van der Waals surface area contributed by atoms with Crippen molar-refractivity contribution in [2.24, 2.45) is 0 Å². The smallest absolute Gasteiger partial charge is 0.330 e. The third-order valence-electron chi connectivity index (χ3n) is 5.13. The predicted molar refractivity (Wildman–Crippen MR) is 117 cm³/mol. The Morgan fingerprint density at radius 1 is 1.13 bits per heavy atom. The summed E-state index contributed by atoms with van der Waals surface area (Å²) >= 11 is 1.50. The summed E-state index contributed by atoms with van der Waals surface area (Å²) in [5.41, 5.74) is -2.04. The number of halogens is 1. The van der Waals surface area contributed by atoms with Crippen molar-refractivity contribution >= 4 is 30.5 Å². The lowest BCUT2D eigenvalue weighted by molar-refractivity contribution is -0.00337. The molecule has 2 aromatic carbocycles. The number of hydrogen-bond acceptors (Lipinski definition) is 5. The number of nitrogens with zero attached hydrogens (tertiary/aromatic N) is 1. The summed E-state index contributed by atoms with van der Waals surface area (Å²) in [5.74, 6) is -0.565. The van der Waals surface area contributed by atoms with Gasteiger partial charge in [-0.1, -0.05) is 60.7 Å². The molecule has 2 heterocycles. The summed E-state index contributed by atoms with van der Waals surface area (Å²) in [7, 11) is -2.47. The third-order valence-corrected chi connectivity index (χ3v) is 9.84. The number of hydrogen-bond donors (Lipinski definition) is 1. The normalized spacial score (nSPS) is 19.1. The van der Waals surface area contributed by atoms with Crippen LogP contribution >= 0.6 is 11.8 Å². The Bertz CT molecular complexity index is 1080. The van der Waals surface area contributed by atoms with Crippen molar-refractivity contribution in [2.45, 2.75) is 18.2 Å². The number of ether oxygens (including phenoxy) is 1. The third kappa shape index (κ3) is 4.20. The van der Waals surface area contributed by atoms with Crippen LogP contribution < -0.4 is 21.6 Å². The molecule has 1 aliphatic heterocycles. The van der Waals surface area contributed by atoms with E-state index >= 15 is 0 Å². The second-order valence-corrected chi connectivity index (χ2v) is 11.8. The van der Waals surface area contributed by atoms with E-state index in [4.69, 9.17) is 9.16 Å². The van der Waals surface area contributed by atoms with Crippen LogP contribution in [0.15, 0.2) is 76.4 Å². The fraction of sp³-hybridized carbons (Fsp3) is 0.238. The molecule has 2 atom stereocenters. The Morgan fingerprint density at radius 2 is 1.73 bits per heavy atom. The summed E-state index contributed by atoms with van der Waals surface area (Å²) in [5, 5.41) is 2.30. The van der Waals surface area contributed by atoms with Crippen molar-refractivity contribution in [3.63, 3.8) is 0 Å². The molecule has 4 rings (SSSR count). The molecule has 1 saturated heterocycles. The van der Waals surface area contributed by atoms with Gasteiger partial charge in [-0.2, -0.15) is 4.39 Å². The predicted octanol–water partition coefficient (Wildman–Crippen LogP) is 1.67. The minimum Gasteiger partial charge on any atom is -0.405 e. The van der Waals surface area contributed by atoms with Crippen molar-refractivity contribution in [2.75, 3.05) is 12.4 Å². The molecule has 0 radical (unpaired) electrons. The van der Waals surface area contributed by atoms with Crippen molar-refractivity contribution in [1.82, 2.24) is 9.55 Å². The number of benzene rings is 2. The van der Waals surface area contributed by atoms with E-state index in [1.807, 2.05) is 41.4 Å². The first-order valence-electron chi connectivity index (χ1n) is 9.50. The second kappa shape index (κ2) is 8.72. The maximum absolute atomic E-state index is 13.6. The molecule has 156 valence electrons. The Morgan fingerprint density at radius 3 is 2.33 bits per heavy atom. The van der Waals surface area contributed by atoms with E-state index in [0.717, 1.165) is 21.1 Å². The maximum Gasteiger partial charge on any atom is 0.330 e. The topological polar surface area (TPSA) is 73.3 Å². The Labute approximate surface area is 177 Å². The molecule has 1 N–H and O–H groups in total. The standard InChI is InChI=1S/C21H21FN2O4SSi/c1-30(15-8-4-2-5-9-15,16-10-6-3-7-11-16)27-13-19-28-18(14-29-19)24-12-17(22)20(25)23-21(24)26/h2-12,18-19H,13-14H2,1H3,(H,23,25,26)/t18-,19+/m1/s1. The molecular formula is C21H21FN2O4SSi. The van der Waals surface area contributed by atoms with Gasteiger partial charge in [0.25, 0.3) is 13.9 Å². The number of aromatic nitrogens is 2. The molecule has 6 nitrogen and oxygen atoms in total. The van der Waals surface area contributed by atoms with E-state index in [1.54, 1.807) is 0 Å². The Balaban J connectivity index is 1.51. The van der Waals surface area contributed by atoms with Gasteiger partial charge in [-0.05, 0) is 16.9 Å². The molecular weight excluding hydrogens is 423 g/mol. The molecule has 9 heteroatoms. The van der Waals surface area contributed by atoms with E-state index < -0.39 is 31.6 Å². The Hall–Kier alpha value is -2.46. The van der Waals surface area contributed by atoms with Gasteiger partial charge in [0, 0.05) is 5.75 Å². The molecule has 1 aliphatic rings. The highest BCUT2D eigenvalue weighted by Crippen LogP contribution is 2.31. The summed E-state index contributed by atoms with van der Waals surface area (Å²) < 4.78 is 27.1. The van der Waals surface area contributed by atoms with Gasteiger partial charge >= 0.3 is 5.69 Å². The van der Waals surface area contributed by atoms with Crippen LogP contribution in [0.25, 0.3) is 0 Å². The molecule has 1 fully saturated rings. The number of thioether (sulfide) groups is 1. The van der Waals surface area contributed by atoms with Crippen molar-refractivity contribution in [3.8, 4) is 0 Å². The zero-order valence-electron chi connectivity index (χ0n) is 16.3. The average Bonchev–Trinajstić information content (AvgIpc) is 3.24. The van der Waals surface area contributed by atoms with Gasteiger partial charge in [-0.15, -0.1) is 11.8 Å². The SMILES string of the molecule is C[Si](OC[C@H]1O[C@@H](n2cc(F)c(=O)[nH]c2=O)CS1)(c1ccccc1)c1ccccc1. The summed E-state index contributed by atoms with van der Waals surface area (Å²) in [4.78, 5) is 25.2. The monoisotopic (exact) mass is 444 g/mol. The van der Waals surface area contributed by atoms with Crippen LogP contribution in [0.4, 0.5) is 4.39 Å². The molecule has 0 spiro atoms. The van der Waals surface area contributed by atoms with Gasteiger partial charge in [0.05, 0.1) is 12.8 Å². The first kappa shape index (κ1) is 20.8. The summed E-state index contributed by atoms with van der Waals surface area (Å²) in [6.45, 7) is 2.48. The zero-order chi connectivity index (χ0) is 21.1. The highest BCUT2D eigenvalue weighted by atomic mass is 32.2. The highest BCUT2D eigenvalue weighted by molar-refractivity contribution is 8.00. The number of aromatic amines is 1. The van der Waals surface area contributed by atoms with Crippen LogP contribution in [0.3, 0.4) is 0 Å². The summed E-state index contributed by atoms with van der Waals surface area (Å²) in [6, 6.07) is 20.3. The van der Waals surface area contributed by atoms with E-state index in [-0.39, 0.29) is 5.44 Å². The molecule has 0 unspecified atom stereocenters. The van der Waals surface area contributed by atoms with E-state index in [1.165, 1.54) is 11.8 Å². The Kier molecular flexibility index (Phi) is 6.05. The van der Waals surface area contributed by atoms with Crippen molar-refractivity contribution in [3.05, 3.63) is 93.5 Å². The van der Waals surface area contributed by atoms with Crippen LogP contribution in [-0.2, 0) is 9.16 Å². The van der Waals surface area contributed by atoms with Crippen molar-refractivity contribution in [1.29, 1.82) is 0 Å². The molecule has 0 amide bonds. The minimum absolute atomic E-state index is 0.309. The maximum atomic E-state index is 13.6. The fourth-order valence-corrected chi connectivity index (χ4v) is 7.35. The molecule has 0 aliphatic carbocycles. The van der Waals surface area contributed by atoms with Crippen LogP contribution in [0, 0.1) is 5.82 Å². The van der Waals surface area contributed by atoms with Gasteiger partial charge in [0.2, 0.25) is 5.82 Å². The summed E-state index contributed by atoms with van der Waals surface area (Å²) in [6.07, 6.45) is 0.228. The van der Waals surface area contributed by atoms with E-state index in [2.05, 4.69) is 30.8 Å².